The molecule has 0 fully saturated rings. The summed E-state index contributed by atoms with van der Waals surface area (Å²) in [6.45, 7) is 2.86. The summed E-state index contributed by atoms with van der Waals surface area (Å²) in [6.07, 6.45) is 1.75. The highest BCUT2D eigenvalue weighted by Crippen LogP contribution is 2.40. The number of nitrogens with two attached hydrogens (primary N) is 1. The van der Waals surface area contributed by atoms with Crippen LogP contribution in [0.2, 0.25) is 18.1 Å². The molecular weight excluding hydrogens is 653 g/mol. The molecule has 4 heterocycles. The lowest BCUT2D eigenvalue weighted by Crippen LogP contribution is -2.47. The molecule has 0 aliphatic carbocycles. The van der Waals surface area contributed by atoms with Crippen molar-refractivity contribution in [2.45, 2.75) is 130 Å². The Morgan fingerprint density at radius 3 is 1.92 bits per heavy atom. The molecule has 0 saturated carbocycles. The van der Waals surface area contributed by atoms with Crippen molar-refractivity contribution >= 4 is 36.8 Å². The standard InChI is InChI=1S/C24H41N3O4Si.C13H19N3O2/c1-22(2,3)30-21(28)25-19-15-18-14-17(26-27(18)16-20(19)29-9)12-13-24(7,8)31-32(10,11)23(4,5)6;1-13(2,17)5-4-9-6-10-7-11(14)12(18-3)8-16(10)15-9/h14-16H,12-13H2,1-11H3,(H,25,28);6-8,17H,4-5,14H2,1-3H3/i7D3,8D3;1D3,2D3. The quantitative estimate of drug-likeness (QED) is 0.131. The summed E-state index contributed by atoms with van der Waals surface area (Å²) in [4.78, 5) is 12.3. The van der Waals surface area contributed by atoms with Crippen molar-refractivity contribution in [2.24, 2.45) is 0 Å². The first-order valence-corrected chi connectivity index (χ1v) is 19.0. The second kappa shape index (κ2) is 15.2. The monoisotopic (exact) mass is 725 g/mol. The largest absolute Gasteiger partial charge is 0.493 e. The number of carbonyl (C=O) groups excluding carboxylic acids is 1. The molecule has 0 radical (unpaired) electrons. The van der Waals surface area contributed by atoms with Crippen molar-refractivity contribution in [3.63, 3.8) is 0 Å². The molecule has 12 nitrogen and oxygen atoms in total. The minimum atomic E-state index is -3.04. The molecule has 0 aliphatic rings. The van der Waals surface area contributed by atoms with Gasteiger partial charge in [0.25, 0.3) is 0 Å². The normalized spacial score (nSPS) is 17.4. The Morgan fingerprint density at radius 2 is 1.42 bits per heavy atom. The molecule has 50 heavy (non-hydrogen) atoms. The summed E-state index contributed by atoms with van der Waals surface area (Å²) in [7, 11) is 0.120. The predicted octanol–water partition coefficient (Wildman–Crippen LogP) is 8.05. The Morgan fingerprint density at radius 1 is 0.880 bits per heavy atom. The number of hydrogen-bond acceptors (Lipinski definition) is 9. The van der Waals surface area contributed by atoms with E-state index in [2.05, 4.69) is 15.5 Å². The Balaban J connectivity index is 0.000000365. The number of aryl methyl sites for hydroxylation is 2. The van der Waals surface area contributed by atoms with Gasteiger partial charge in [-0.3, -0.25) is 5.32 Å². The van der Waals surface area contributed by atoms with Crippen LogP contribution < -0.4 is 20.5 Å². The van der Waals surface area contributed by atoms with E-state index in [0.29, 0.717) is 45.3 Å². The van der Waals surface area contributed by atoms with Crippen molar-refractivity contribution in [3.05, 3.63) is 48.0 Å². The second-order valence-electron chi connectivity index (χ2n) is 14.7. The first-order chi connectivity index (χ1) is 27.8. The lowest BCUT2D eigenvalue weighted by Gasteiger charge is -2.42. The lowest BCUT2D eigenvalue weighted by atomic mass is 10.0. The van der Waals surface area contributed by atoms with E-state index in [0.717, 1.165) is 0 Å². The molecular formula is C37H60N6O6Si. The Kier molecular flexibility index (Phi) is 7.91. The number of aliphatic hydroxyl groups is 1. The van der Waals surface area contributed by atoms with Crippen LogP contribution in [0, 0.1) is 0 Å². The highest BCUT2D eigenvalue weighted by molar-refractivity contribution is 6.74. The third-order valence-corrected chi connectivity index (χ3v) is 12.5. The predicted molar refractivity (Wildman–Crippen MR) is 203 cm³/mol. The Hall–Kier alpha value is -3.81. The molecule has 0 aromatic carbocycles. The maximum atomic E-state index is 12.3. The summed E-state index contributed by atoms with van der Waals surface area (Å²) in [5.74, 6) is 0.761. The fraction of sp³-hybridized carbons (Fsp3) is 0.595. The maximum absolute atomic E-state index is 12.3. The Bertz CT molecular complexity index is 2160. The molecule has 0 atom stereocenters. The van der Waals surface area contributed by atoms with Gasteiger partial charge >= 0.3 is 6.09 Å². The fourth-order valence-electron chi connectivity index (χ4n) is 4.50. The number of ether oxygens (including phenoxy) is 3. The van der Waals surface area contributed by atoms with Gasteiger partial charge in [0.05, 0.1) is 71.6 Å². The van der Waals surface area contributed by atoms with E-state index >= 15 is 0 Å². The molecule has 13 heteroatoms. The van der Waals surface area contributed by atoms with Crippen molar-refractivity contribution < 1.29 is 45.0 Å². The van der Waals surface area contributed by atoms with Gasteiger partial charge in [-0.2, -0.15) is 10.2 Å². The van der Waals surface area contributed by atoms with Crippen LogP contribution in [0.1, 0.15) is 110 Å². The van der Waals surface area contributed by atoms with Crippen LogP contribution in [0.5, 0.6) is 11.5 Å². The molecule has 4 aromatic rings. The number of carbonyl (C=O) groups is 1. The maximum Gasteiger partial charge on any atom is 0.412 e. The van der Waals surface area contributed by atoms with E-state index in [4.69, 9.17) is 40.8 Å². The van der Waals surface area contributed by atoms with Crippen molar-refractivity contribution in [2.75, 3.05) is 25.3 Å². The van der Waals surface area contributed by atoms with Crippen LogP contribution in [0.3, 0.4) is 0 Å². The number of nitrogens with one attached hydrogen (secondary N) is 1. The molecule has 0 aliphatic heterocycles. The molecule has 4 aromatic heterocycles. The van der Waals surface area contributed by atoms with E-state index < -0.39 is 70.1 Å². The molecule has 278 valence electrons. The first kappa shape index (κ1) is 26.0. The zero-order chi connectivity index (χ0) is 47.9. The molecule has 0 spiro atoms. The van der Waals surface area contributed by atoms with Crippen LogP contribution in [-0.4, -0.2) is 69.8 Å². The van der Waals surface area contributed by atoms with Crippen LogP contribution in [-0.2, 0) is 22.0 Å². The highest BCUT2D eigenvalue weighted by atomic mass is 28.4. The van der Waals surface area contributed by atoms with Crippen LogP contribution in [0.4, 0.5) is 16.2 Å². The van der Waals surface area contributed by atoms with Gasteiger partial charge in [-0.05, 0) is 116 Å². The summed E-state index contributed by atoms with van der Waals surface area (Å²) in [6, 6.07) is 6.63. The van der Waals surface area contributed by atoms with E-state index in [9.17, 15) is 9.90 Å². The van der Waals surface area contributed by atoms with Crippen molar-refractivity contribution in [1.82, 2.24) is 19.2 Å². The Labute approximate surface area is 315 Å². The third-order valence-electron chi connectivity index (χ3n) is 8.04. The zero-order valence-corrected chi connectivity index (χ0v) is 31.6. The van der Waals surface area contributed by atoms with Gasteiger partial charge in [0.1, 0.15) is 5.60 Å². The van der Waals surface area contributed by atoms with E-state index in [1.807, 2.05) is 33.9 Å². The number of pyridine rings is 2. The number of nitrogen functional groups attached to an aromatic ring is 1. The first-order valence-electron chi connectivity index (χ1n) is 22.1. The SMILES string of the molecule is [2H]C([2H])([2H])C(CCc1cc2cc(NC(=O)OC(C)(C)C)c(OC)cn2n1)(O[Si](C)(C)C(C)(C)C)C([2H])([2H])[2H].[2H]C([2H])([2H])C(O)(CCc1cc2cc(N)c(OC)cn2n1)C([2H])([2H])[2H]. The van der Waals surface area contributed by atoms with Crippen molar-refractivity contribution in [3.8, 4) is 11.5 Å². The minimum Gasteiger partial charge on any atom is -0.493 e. The van der Waals surface area contributed by atoms with E-state index in [1.165, 1.54) is 23.3 Å². The number of rotatable bonds is 11. The summed E-state index contributed by atoms with van der Waals surface area (Å²) in [5, 5.41) is 21.2. The zero-order valence-electron chi connectivity index (χ0n) is 42.6. The number of amides is 1. The lowest BCUT2D eigenvalue weighted by molar-refractivity contribution is 0.0634. The van der Waals surface area contributed by atoms with Gasteiger partial charge in [0, 0.05) is 16.4 Å². The number of nitrogens with zero attached hydrogens (tertiary/aromatic N) is 4. The van der Waals surface area contributed by atoms with E-state index in [1.54, 1.807) is 57.4 Å². The second-order valence-corrected chi connectivity index (χ2v) is 19.5. The van der Waals surface area contributed by atoms with Gasteiger partial charge in [-0.15, -0.1) is 0 Å². The molecule has 4 N–H and O–H groups in total. The number of aromatic nitrogens is 4. The number of fused-ring (bicyclic) bond motifs is 2. The van der Waals surface area contributed by atoms with E-state index in [-0.39, 0.29) is 19.3 Å². The van der Waals surface area contributed by atoms with Gasteiger partial charge < -0.3 is 29.5 Å². The summed E-state index contributed by atoms with van der Waals surface area (Å²) in [5.41, 5.74) is 2.89. The minimum absolute atomic E-state index is 0.0167. The average molecular weight is 725 g/mol. The fourth-order valence-corrected chi connectivity index (χ4v) is 5.78. The van der Waals surface area contributed by atoms with Crippen LogP contribution >= 0.6 is 0 Å². The smallest absolute Gasteiger partial charge is 0.412 e. The average Bonchev–Trinajstić information content (AvgIpc) is 3.67. The molecule has 0 unspecified atom stereocenters. The molecule has 4 rings (SSSR count). The number of methoxy groups -OCH3 is 2. The van der Waals surface area contributed by atoms with Crippen molar-refractivity contribution in [1.29, 1.82) is 0 Å². The highest BCUT2D eigenvalue weighted by Gasteiger charge is 2.41. The molecule has 0 bridgehead atoms. The molecule has 1 amide bonds. The molecule has 0 saturated heterocycles. The summed E-state index contributed by atoms with van der Waals surface area (Å²) < 4.78 is 119. The van der Waals surface area contributed by atoms with Gasteiger partial charge in [0.2, 0.25) is 0 Å². The third kappa shape index (κ3) is 11.6. The summed E-state index contributed by atoms with van der Waals surface area (Å²) >= 11 is 0. The number of anilines is 2. The van der Waals surface area contributed by atoms with Crippen LogP contribution in [0.25, 0.3) is 11.0 Å². The van der Waals surface area contributed by atoms with Crippen LogP contribution in [0.15, 0.2) is 36.7 Å². The topological polar surface area (TPSA) is 147 Å². The number of hydrogen-bond donors (Lipinski definition) is 3. The van der Waals surface area contributed by atoms with Gasteiger partial charge in [0.15, 0.2) is 19.8 Å². The van der Waals surface area contributed by atoms with Gasteiger partial charge in [-0.25, -0.2) is 13.8 Å². The van der Waals surface area contributed by atoms with Gasteiger partial charge in [-0.1, -0.05) is 20.8 Å².